The van der Waals surface area contributed by atoms with Crippen molar-refractivity contribution >= 4 is 10.1 Å². The quantitative estimate of drug-likeness (QED) is 0.416. The Morgan fingerprint density at radius 2 is 1.43 bits per heavy atom. The van der Waals surface area contributed by atoms with Crippen molar-refractivity contribution in [2.45, 2.75) is 64.0 Å². The molecular weight excluding hydrogens is 284 g/mol. The van der Waals surface area contributed by atoms with E-state index in [4.69, 9.17) is 4.18 Å². The minimum absolute atomic E-state index is 0.0368. The van der Waals surface area contributed by atoms with Gasteiger partial charge in [0, 0.05) is 0 Å². The smallest absolute Gasteiger partial charge is 0.270 e. The predicted octanol–water partition coefficient (Wildman–Crippen LogP) is 4.67. The SMILES string of the molecule is CCCCCCCCCCOS(=O)(=O)Cc1ccccc1. The Balaban J connectivity index is 2.06. The lowest BCUT2D eigenvalue weighted by Gasteiger charge is -2.06. The second kappa shape index (κ2) is 10.8. The fourth-order valence-electron chi connectivity index (χ4n) is 2.24. The number of unbranched alkanes of at least 4 members (excludes halogenated alkanes) is 7. The summed E-state index contributed by atoms with van der Waals surface area (Å²) in [7, 11) is -3.44. The summed E-state index contributed by atoms with van der Waals surface area (Å²) in [6.07, 6.45) is 9.49. The molecule has 0 aromatic heterocycles. The van der Waals surface area contributed by atoms with Crippen LogP contribution in [0.2, 0.25) is 0 Å². The molecule has 0 aliphatic rings. The average Bonchev–Trinajstić information content (AvgIpc) is 2.46. The monoisotopic (exact) mass is 312 g/mol. The lowest BCUT2D eigenvalue weighted by Crippen LogP contribution is -2.09. The summed E-state index contributed by atoms with van der Waals surface area (Å²) in [5, 5.41) is 0. The summed E-state index contributed by atoms with van der Waals surface area (Å²) in [5.41, 5.74) is 0.772. The molecule has 0 saturated heterocycles. The number of hydrogen-bond acceptors (Lipinski definition) is 3. The molecule has 4 heteroatoms. The number of rotatable bonds is 12. The van der Waals surface area contributed by atoms with E-state index in [1.165, 1.54) is 38.5 Å². The summed E-state index contributed by atoms with van der Waals surface area (Å²) < 4.78 is 28.6. The molecule has 0 aliphatic heterocycles. The van der Waals surface area contributed by atoms with E-state index in [0.29, 0.717) is 6.61 Å². The first-order valence-corrected chi connectivity index (χ1v) is 9.63. The van der Waals surface area contributed by atoms with Crippen molar-refractivity contribution in [1.29, 1.82) is 0 Å². The predicted molar refractivity (Wildman–Crippen MR) is 87.6 cm³/mol. The van der Waals surface area contributed by atoms with Gasteiger partial charge >= 0.3 is 0 Å². The number of benzene rings is 1. The number of hydrogen-bond donors (Lipinski definition) is 0. The van der Waals surface area contributed by atoms with E-state index in [-0.39, 0.29) is 5.75 Å². The van der Waals surface area contributed by atoms with Crippen LogP contribution in [0.1, 0.15) is 63.9 Å². The van der Waals surface area contributed by atoms with Gasteiger partial charge in [-0.2, -0.15) is 8.42 Å². The standard InChI is InChI=1S/C17H28O3S/c1-2-3-4-5-6-7-8-12-15-20-21(18,19)16-17-13-10-9-11-14-17/h9-11,13-14H,2-8,12,15-16H2,1H3. The highest BCUT2D eigenvalue weighted by molar-refractivity contribution is 7.85. The van der Waals surface area contributed by atoms with Crippen LogP contribution in [0, 0.1) is 0 Å². The van der Waals surface area contributed by atoms with Crippen LogP contribution in [-0.2, 0) is 20.1 Å². The molecule has 1 rings (SSSR count). The lowest BCUT2D eigenvalue weighted by molar-refractivity contribution is 0.305. The van der Waals surface area contributed by atoms with Crippen molar-refractivity contribution in [2.24, 2.45) is 0 Å². The van der Waals surface area contributed by atoms with Gasteiger partial charge in [-0.05, 0) is 12.0 Å². The van der Waals surface area contributed by atoms with Crippen LogP contribution in [-0.4, -0.2) is 15.0 Å². The Morgan fingerprint density at radius 3 is 2.05 bits per heavy atom. The van der Waals surface area contributed by atoms with Gasteiger partial charge in [0.15, 0.2) is 0 Å². The normalized spacial score (nSPS) is 11.7. The first-order chi connectivity index (χ1) is 10.1. The Hall–Kier alpha value is -0.870. The topological polar surface area (TPSA) is 43.4 Å². The van der Waals surface area contributed by atoms with Crippen LogP contribution in [0.4, 0.5) is 0 Å². The van der Waals surface area contributed by atoms with Crippen molar-refractivity contribution in [1.82, 2.24) is 0 Å². The van der Waals surface area contributed by atoms with Crippen LogP contribution < -0.4 is 0 Å². The van der Waals surface area contributed by atoms with Crippen molar-refractivity contribution in [3.05, 3.63) is 35.9 Å². The van der Waals surface area contributed by atoms with Crippen LogP contribution in [0.5, 0.6) is 0 Å². The second-order valence-corrected chi connectivity index (χ2v) is 7.12. The molecule has 0 unspecified atom stereocenters. The summed E-state index contributed by atoms with van der Waals surface area (Å²) in [4.78, 5) is 0. The van der Waals surface area contributed by atoms with Crippen molar-refractivity contribution < 1.29 is 12.6 Å². The molecular formula is C17H28O3S. The molecule has 0 spiro atoms. The summed E-state index contributed by atoms with van der Waals surface area (Å²) in [5.74, 6) is -0.0368. The highest BCUT2D eigenvalue weighted by Crippen LogP contribution is 2.10. The van der Waals surface area contributed by atoms with Gasteiger partial charge in [-0.25, -0.2) is 0 Å². The second-order valence-electron chi connectivity index (χ2n) is 5.48. The molecule has 0 aliphatic carbocycles. The zero-order valence-electron chi connectivity index (χ0n) is 13.1. The summed E-state index contributed by atoms with van der Waals surface area (Å²) in [6.45, 7) is 2.53. The molecule has 120 valence electrons. The van der Waals surface area contributed by atoms with E-state index < -0.39 is 10.1 Å². The Kier molecular flexibility index (Phi) is 9.35. The van der Waals surface area contributed by atoms with Gasteiger partial charge in [0.1, 0.15) is 5.75 Å². The fourth-order valence-corrected chi connectivity index (χ4v) is 3.30. The molecule has 1 aromatic carbocycles. The van der Waals surface area contributed by atoms with E-state index in [0.717, 1.165) is 18.4 Å². The van der Waals surface area contributed by atoms with Gasteiger partial charge in [-0.1, -0.05) is 82.2 Å². The Morgan fingerprint density at radius 1 is 0.857 bits per heavy atom. The van der Waals surface area contributed by atoms with Crippen LogP contribution in [0.15, 0.2) is 30.3 Å². The Bertz CT molecular complexity index is 454. The van der Waals surface area contributed by atoms with Gasteiger partial charge in [0.05, 0.1) is 6.61 Å². The minimum atomic E-state index is -3.44. The third kappa shape index (κ3) is 9.64. The van der Waals surface area contributed by atoms with Crippen LogP contribution in [0.3, 0.4) is 0 Å². The van der Waals surface area contributed by atoms with Gasteiger partial charge in [-0.15, -0.1) is 0 Å². The zero-order valence-corrected chi connectivity index (χ0v) is 13.9. The maximum atomic E-state index is 11.8. The molecule has 0 N–H and O–H groups in total. The molecule has 0 heterocycles. The van der Waals surface area contributed by atoms with Crippen LogP contribution in [0.25, 0.3) is 0 Å². The molecule has 0 fully saturated rings. The van der Waals surface area contributed by atoms with Crippen LogP contribution >= 0.6 is 0 Å². The molecule has 0 atom stereocenters. The molecule has 0 radical (unpaired) electrons. The fraction of sp³-hybridized carbons (Fsp3) is 0.647. The first kappa shape index (κ1) is 18.2. The average molecular weight is 312 g/mol. The molecule has 21 heavy (non-hydrogen) atoms. The summed E-state index contributed by atoms with van der Waals surface area (Å²) in [6, 6.07) is 9.15. The molecule has 0 bridgehead atoms. The zero-order chi connectivity index (χ0) is 15.4. The maximum Gasteiger partial charge on any atom is 0.271 e. The van der Waals surface area contributed by atoms with Crippen molar-refractivity contribution in [3.8, 4) is 0 Å². The van der Waals surface area contributed by atoms with E-state index in [2.05, 4.69) is 6.92 Å². The highest BCUT2D eigenvalue weighted by Gasteiger charge is 2.11. The third-order valence-corrected chi connectivity index (χ3v) is 4.66. The van der Waals surface area contributed by atoms with Gasteiger partial charge in [0.25, 0.3) is 10.1 Å². The minimum Gasteiger partial charge on any atom is -0.270 e. The molecule has 0 amide bonds. The van der Waals surface area contributed by atoms with E-state index >= 15 is 0 Å². The molecule has 1 aromatic rings. The van der Waals surface area contributed by atoms with E-state index in [1.807, 2.05) is 18.2 Å². The molecule has 3 nitrogen and oxygen atoms in total. The largest absolute Gasteiger partial charge is 0.271 e. The highest BCUT2D eigenvalue weighted by atomic mass is 32.2. The van der Waals surface area contributed by atoms with Crippen molar-refractivity contribution in [2.75, 3.05) is 6.61 Å². The van der Waals surface area contributed by atoms with E-state index in [9.17, 15) is 8.42 Å². The van der Waals surface area contributed by atoms with Gasteiger partial charge < -0.3 is 0 Å². The Labute approximate surface area is 129 Å². The third-order valence-electron chi connectivity index (χ3n) is 3.45. The van der Waals surface area contributed by atoms with E-state index in [1.54, 1.807) is 12.1 Å². The summed E-state index contributed by atoms with van der Waals surface area (Å²) >= 11 is 0. The first-order valence-electron chi connectivity index (χ1n) is 8.05. The molecule has 0 saturated carbocycles. The lowest BCUT2D eigenvalue weighted by atomic mass is 10.1. The maximum absolute atomic E-state index is 11.8. The van der Waals surface area contributed by atoms with Gasteiger partial charge in [-0.3, -0.25) is 4.18 Å². The van der Waals surface area contributed by atoms with Gasteiger partial charge in [0.2, 0.25) is 0 Å². The van der Waals surface area contributed by atoms with Crippen molar-refractivity contribution in [3.63, 3.8) is 0 Å².